The number of carbonyl (C=O) groups excluding carboxylic acids is 2. The topological polar surface area (TPSA) is 40.6 Å². The zero-order valence-electron chi connectivity index (χ0n) is 20.9. The highest BCUT2D eigenvalue weighted by Crippen LogP contribution is 2.45. The maximum atomic E-state index is 13.7. The molecule has 38 heavy (non-hydrogen) atoms. The van der Waals surface area contributed by atoms with Crippen molar-refractivity contribution in [2.24, 2.45) is 11.8 Å². The maximum Gasteiger partial charge on any atom is 0.416 e. The second kappa shape index (κ2) is 10.1. The Balaban J connectivity index is 1.60. The van der Waals surface area contributed by atoms with Crippen LogP contribution in [0.5, 0.6) is 0 Å². The number of alkyl halides is 6. The summed E-state index contributed by atoms with van der Waals surface area (Å²) in [4.78, 5) is 29.8. The number of rotatable bonds is 5. The monoisotopic (exact) mass is 540 g/mol. The van der Waals surface area contributed by atoms with E-state index in [0.717, 1.165) is 64.2 Å². The molecular weight excluding hydrogens is 510 g/mol. The summed E-state index contributed by atoms with van der Waals surface area (Å²) in [6.45, 7) is 0.536. The molecule has 0 unspecified atom stereocenters. The normalized spacial score (nSPS) is 22.0. The highest BCUT2D eigenvalue weighted by molar-refractivity contribution is 6.24. The minimum absolute atomic E-state index is 0.0580. The van der Waals surface area contributed by atoms with Gasteiger partial charge in [0.2, 0.25) is 0 Å². The van der Waals surface area contributed by atoms with Gasteiger partial charge in [0, 0.05) is 24.9 Å². The molecule has 5 rings (SSSR count). The summed E-state index contributed by atoms with van der Waals surface area (Å²) in [5.41, 5.74) is -3.52. The van der Waals surface area contributed by atoms with Crippen molar-refractivity contribution in [1.29, 1.82) is 0 Å². The van der Waals surface area contributed by atoms with Crippen LogP contribution in [-0.4, -0.2) is 34.7 Å². The molecule has 1 aromatic carbocycles. The number of halogens is 6. The first-order valence-corrected chi connectivity index (χ1v) is 13.3. The van der Waals surface area contributed by atoms with Gasteiger partial charge in [0.15, 0.2) is 0 Å². The Hall–Kier alpha value is -2.78. The third-order valence-electron chi connectivity index (χ3n) is 8.22. The number of amides is 2. The highest BCUT2D eigenvalue weighted by Gasteiger charge is 2.47. The first-order valence-electron chi connectivity index (χ1n) is 13.3. The van der Waals surface area contributed by atoms with Gasteiger partial charge in [-0.2, -0.15) is 26.3 Å². The van der Waals surface area contributed by atoms with E-state index >= 15 is 0 Å². The maximum absolute atomic E-state index is 13.7. The van der Waals surface area contributed by atoms with Crippen molar-refractivity contribution in [1.82, 2.24) is 9.80 Å². The summed E-state index contributed by atoms with van der Waals surface area (Å²) in [6, 6.07) is 1.32. The molecule has 4 aliphatic rings. The van der Waals surface area contributed by atoms with Crippen molar-refractivity contribution < 1.29 is 35.9 Å². The Morgan fingerprint density at radius 3 is 1.68 bits per heavy atom. The van der Waals surface area contributed by atoms with Crippen LogP contribution in [0.3, 0.4) is 0 Å². The minimum Gasteiger partial charge on any atom is -0.314 e. The fraction of sp³-hybridized carbons (Fsp3) is 0.571. The van der Waals surface area contributed by atoms with Gasteiger partial charge in [-0.05, 0) is 55.7 Å². The fourth-order valence-electron chi connectivity index (χ4n) is 6.29. The smallest absolute Gasteiger partial charge is 0.314 e. The largest absolute Gasteiger partial charge is 0.416 e. The van der Waals surface area contributed by atoms with Crippen molar-refractivity contribution in [3.05, 3.63) is 52.2 Å². The molecule has 2 fully saturated rings. The van der Waals surface area contributed by atoms with E-state index in [1.165, 1.54) is 16.0 Å². The van der Waals surface area contributed by atoms with Gasteiger partial charge in [0.25, 0.3) is 11.8 Å². The SMILES string of the molecule is O=C1C2=C(c3cc(C(F)(F)F)cc(C(F)(F)F)c3)N(CC3CCCCC3)C(=O)C2=CN1CC1CCCCC1. The molecule has 0 bridgehead atoms. The molecule has 10 heteroatoms. The first-order chi connectivity index (χ1) is 17.9. The molecule has 0 radical (unpaired) electrons. The van der Waals surface area contributed by atoms with Gasteiger partial charge in [-0.3, -0.25) is 9.59 Å². The van der Waals surface area contributed by atoms with Gasteiger partial charge >= 0.3 is 12.4 Å². The van der Waals surface area contributed by atoms with Crippen LogP contribution in [-0.2, 0) is 21.9 Å². The second-order valence-corrected chi connectivity index (χ2v) is 10.9. The lowest BCUT2D eigenvalue weighted by atomic mass is 9.88. The third-order valence-corrected chi connectivity index (χ3v) is 8.22. The van der Waals surface area contributed by atoms with Crippen molar-refractivity contribution in [2.75, 3.05) is 13.1 Å². The zero-order valence-corrected chi connectivity index (χ0v) is 20.9. The van der Waals surface area contributed by atoms with Crippen LogP contribution in [0.2, 0.25) is 0 Å². The molecule has 0 atom stereocenters. The van der Waals surface area contributed by atoms with Gasteiger partial charge in [-0.25, -0.2) is 0 Å². The van der Waals surface area contributed by atoms with Gasteiger partial charge in [0.05, 0.1) is 28.0 Å². The molecule has 2 aliphatic carbocycles. The molecular formula is C28H30F6N2O2. The molecule has 0 N–H and O–H groups in total. The Bertz CT molecular complexity index is 1140. The quantitative estimate of drug-likeness (QED) is 0.372. The van der Waals surface area contributed by atoms with Crippen molar-refractivity contribution in [3.8, 4) is 0 Å². The van der Waals surface area contributed by atoms with Crippen LogP contribution >= 0.6 is 0 Å². The minimum atomic E-state index is -5.04. The number of fused-ring (bicyclic) bond motifs is 1. The standard InChI is InChI=1S/C28H30F6N2O2/c29-27(30,31)20-11-19(12-21(13-20)28(32,33)34)24-23-22(25(37)36(24)15-18-9-5-2-6-10-18)16-35(26(23)38)14-17-7-3-1-4-8-17/h11-13,16-18H,1-10,14-15H2. The van der Waals surface area contributed by atoms with Crippen LogP contribution < -0.4 is 0 Å². The lowest BCUT2D eigenvalue weighted by molar-refractivity contribution is -0.143. The van der Waals surface area contributed by atoms with Gasteiger partial charge < -0.3 is 9.80 Å². The number of carbonyl (C=O) groups is 2. The number of hydrogen-bond acceptors (Lipinski definition) is 2. The number of nitrogens with zero attached hydrogens (tertiary/aromatic N) is 2. The number of benzene rings is 1. The van der Waals surface area contributed by atoms with Crippen LogP contribution in [0.25, 0.3) is 5.70 Å². The summed E-state index contributed by atoms with van der Waals surface area (Å²) >= 11 is 0. The summed E-state index contributed by atoms with van der Waals surface area (Å²) < 4.78 is 82.1. The predicted octanol–water partition coefficient (Wildman–Crippen LogP) is 7.16. The van der Waals surface area contributed by atoms with Gasteiger partial charge in [-0.15, -0.1) is 0 Å². The average molecular weight is 541 g/mol. The van der Waals surface area contributed by atoms with Crippen LogP contribution in [0.1, 0.15) is 80.9 Å². The Morgan fingerprint density at radius 2 is 1.18 bits per heavy atom. The van der Waals surface area contributed by atoms with E-state index in [-0.39, 0.29) is 41.3 Å². The molecule has 2 amide bonds. The van der Waals surface area contributed by atoms with E-state index in [0.29, 0.717) is 18.7 Å². The molecule has 1 aromatic rings. The third kappa shape index (κ3) is 5.23. The van der Waals surface area contributed by atoms with Gasteiger partial charge in [0.1, 0.15) is 0 Å². The van der Waals surface area contributed by atoms with E-state index in [2.05, 4.69) is 0 Å². The van der Waals surface area contributed by atoms with Crippen LogP contribution in [0.15, 0.2) is 35.5 Å². The van der Waals surface area contributed by atoms with E-state index in [4.69, 9.17) is 0 Å². The van der Waals surface area contributed by atoms with Crippen LogP contribution in [0, 0.1) is 11.8 Å². The Kier molecular flexibility index (Phi) is 7.11. The molecule has 0 aromatic heterocycles. The second-order valence-electron chi connectivity index (χ2n) is 10.9. The molecule has 4 nitrogen and oxygen atoms in total. The summed E-state index contributed by atoms with van der Waals surface area (Å²) in [5, 5.41) is 0. The van der Waals surface area contributed by atoms with Crippen molar-refractivity contribution >= 4 is 17.5 Å². The molecule has 2 saturated carbocycles. The molecule has 0 spiro atoms. The predicted molar refractivity (Wildman–Crippen MR) is 128 cm³/mol. The van der Waals surface area contributed by atoms with E-state index in [1.54, 1.807) is 0 Å². The highest BCUT2D eigenvalue weighted by atomic mass is 19.4. The van der Waals surface area contributed by atoms with E-state index in [1.807, 2.05) is 0 Å². The Labute approximate surface area is 217 Å². The lowest BCUT2D eigenvalue weighted by Gasteiger charge is -2.30. The summed E-state index contributed by atoms with van der Waals surface area (Å²) in [6.07, 6.45) is 0.979. The van der Waals surface area contributed by atoms with Gasteiger partial charge in [-0.1, -0.05) is 38.5 Å². The van der Waals surface area contributed by atoms with E-state index < -0.39 is 40.9 Å². The lowest BCUT2D eigenvalue weighted by Crippen LogP contribution is -2.34. The molecule has 0 saturated heterocycles. The zero-order chi connectivity index (χ0) is 27.2. The summed E-state index contributed by atoms with van der Waals surface area (Å²) in [7, 11) is 0. The van der Waals surface area contributed by atoms with Crippen LogP contribution in [0.4, 0.5) is 26.3 Å². The molecule has 2 heterocycles. The fourth-order valence-corrected chi connectivity index (χ4v) is 6.29. The average Bonchev–Trinajstić information content (AvgIpc) is 3.32. The number of hydrogen-bond donors (Lipinski definition) is 0. The van der Waals surface area contributed by atoms with Crippen molar-refractivity contribution in [2.45, 2.75) is 76.6 Å². The molecule has 2 aliphatic heterocycles. The van der Waals surface area contributed by atoms with E-state index in [9.17, 15) is 35.9 Å². The Morgan fingerprint density at radius 1 is 0.684 bits per heavy atom. The summed E-state index contributed by atoms with van der Waals surface area (Å²) in [5.74, 6) is -0.771. The van der Waals surface area contributed by atoms with Crippen molar-refractivity contribution in [3.63, 3.8) is 0 Å². The first kappa shape index (κ1) is 26.8. The molecule has 206 valence electrons.